The number of carboxylic acids is 1. The second-order valence-electron chi connectivity index (χ2n) is 5.71. The van der Waals surface area contributed by atoms with Crippen LogP contribution in [0.25, 0.3) is 11.1 Å². The van der Waals surface area contributed by atoms with E-state index in [0.717, 1.165) is 11.1 Å². The normalized spacial score (nSPS) is 17.2. The Morgan fingerprint density at radius 2 is 1.96 bits per heavy atom. The van der Waals surface area contributed by atoms with Gasteiger partial charge in [0.15, 0.2) is 6.04 Å². The predicted molar refractivity (Wildman–Crippen MR) is 91.7 cm³/mol. The molecule has 0 saturated carbocycles. The second-order valence-corrected chi connectivity index (χ2v) is 5.71. The van der Waals surface area contributed by atoms with E-state index < -0.39 is 12.0 Å². The van der Waals surface area contributed by atoms with Gasteiger partial charge < -0.3 is 19.5 Å². The number of ether oxygens (including phenoxy) is 2. The lowest BCUT2D eigenvalue weighted by Gasteiger charge is -2.33. The first-order chi connectivity index (χ1) is 12.1. The number of aliphatic carboxylic acids is 1. The monoisotopic (exact) mass is 341 g/mol. The number of amides is 1. The Morgan fingerprint density at radius 3 is 2.64 bits per heavy atom. The number of carbonyl (C=O) groups is 2. The largest absolute Gasteiger partial charge is 0.496 e. The minimum atomic E-state index is -1.06. The van der Waals surface area contributed by atoms with E-state index in [2.05, 4.69) is 0 Å². The molecule has 6 heteroatoms. The predicted octanol–water partition coefficient (Wildman–Crippen LogP) is 2.29. The SMILES string of the molecule is COc1ccc(C(=O)N2CCOCC2C(=O)O)cc1-c1ccccc1. The van der Waals surface area contributed by atoms with Crippen molar-refractivity contribution in [1.82, 2.24) is 4.90 Å². The number of rotatable bonds is 4. The van der Waals surface area contributed by atoms with Gasteiger partial charge in [0.25, 0.3) is 5.91 Å². The minimum Gasteiger partial charge on any atom is -0.496 e. The Hall–Kier alpha value is -2.86. The topological polar surface area (TPSA) is 76.1 Å². The number of hydrogen-bond acceptors (Lipinski definition) is 4. The van der Waals surface area contributed by atoms with Gasteiger partial charge >= 0.3 is 5.97 Å². The summed E-state index contributed by atoms with van der Waals surface area (Å²) < 4.78 is 10.6. The highest BCUT2D eigenvalue weighted by molar-refractivity contribution is 5.98. The molecule has 3 rings (SSSR count). The fourth-order valence-corrected chi connectivity index (χ4v) is 2.90. The van der Waals surface area contributed by atoms with Gasteiger partial charge in [0.2, 0.25) is 0 Å². The van der Waals surface area contributed by atoms with Gasteiger partial charge in [-0.2, -0.15) is 0 Å². The van der Waals surface area contributed by atoms with E-state index in [1.54, 1.807) is 25.3 Å². The highest BCUT2D eigenvalue weighted by Crippen LogP contribution is 2.31. The first-order valence-electron chi connectivity index (χ1n) is 7.97. The summed E-state index contributed by atoms with van der Waals surface area (Å²) in [7, 11) is 1.58. The number of carboxylic acid groups (broad SMARTS) is 1. The van der Waals surface area contributed by atoms with Gasteiger partial charge in [0.05, 0.1) is 20.3 Å². The smallest absolute Gasteiger partial charge is 0.328 e. The molecule has 0 spiro atoms. The first kappa shape index (κ1) is 17.0. The summed E-state index contributed by atoms with van der Waals surface area (Å²) in [4.78, 5) is 25.6. The van der Waals surface area contributed by atoms with Crippen molar-refractivity contribution in [2.45, 2.75) is 6.04 Å². The highest BCUT2D eigenvalue weighted by Gasteiger charge is 2.33. The molecule has 1 saturated heterocycles. The van der Waals surface area contributed by atoms with Crippen LogP contribution in [-0.4, -0.2) is 54.8 Å². The molecule has 25 heavy (non-hydrogen) atoms. The van der Waals surface area contributed by atoms with Gasteiger partial charge in [-0.1, -0.05) is 30.3 Å². The van der Waals surface area contributed by atoms with E-state index in [0.29, 0.717) is 17.9 Å². The van der Waals surface area contributed by atoms with Gasteiger partial charge in [0, 0.05) is 17.7 Å². The summed E-state index contributed by atoms with van der Waals surface area (Å²) in [5, 5.41) is 9.33. The van der Waals surface area contributed by atoms with Crippen LogP contribution in [0, 0.1) is 0 Å². The maximum Gasteiger partial charge on any atom is 0.328 e. The standard InChI is InChI=1S/C19H19NO5/c1-24-17-8-7-14(11-15(17)13-5-3-2-4-6-13)18(21)20-9-10-25-12-16(20)19(22)23/h2-8,11,16H,9-10,12H2,1H3,(H,22,23). The van der Waals surface area contributed by atoms with Crippen molar-refractivity contribution in [1.29, 1.82) is 0 Å². The highest BCUT2D eigenvalue weighted by atomic mass is 16.5. The molecule has 0 aromatic heterocycles. The van der Waals surface area contributed by atoms with Gasteiger partial charge in [-0.05, 0) is 23.8 Å². The summed E-state index contributed by atoms with van der Waals surface area (Å²) in [6.45, 7) is 0.586. The fourth-order valence-electron chi connectivity index (χ4n) is 2.90. The van der Waals surface area contributed by atoms with Gasteiger partial charge in [-0.3, -0.25) is 4.79 Å². The summed E-state index contributed by atoms with van der Waals surface area (Å²) in [5.41, 5.74) is 2.13. The third-order valence-electron chi connectivity index (χ3n) is 4.21. The molecular formula is C19H19NO5. The molecule has 130 valence electrons. The zero-order valence-corrected chi connectivity index (χ0v) is 13.8. The Balaban J connectivity index is 1.97. The molecule has 1 aliphatic heterocycles. The van der Waals surface area contributed by atoms with Crippen molar-refractivity contribution >= 4 is 11.9 Å². The molecule has 2 aromatic rings. The van der Waals surface area contributed by atoms with E-state index in [4.69, 9.17) is 9.47 Å². The third-order valence-corrected chi connectivity index (χ3v) is 4.21. The second kappa shape index (κ2) is 7.36. The van der Waals surface area contributed by atoms with Crippen LogP contribution < -0.4 is 4.74 Å². The van der Waals surface area contributed by atoms with Crippen molar-refractivity contribution < 1.29 is 24.2 Å². The van der Waals surface area contributed by atoms with Gasteiger partial charge in [0.1, 0.15) is 5.75 Å². The lowest BCUT2D eigenvalue weighted by Crippen LogP contribution is -2.52. The molecule has 0 aliphatic carbocycles. The number of hydrogen-bond donors (Lipinski definition) is 1. The van der Waals surface area contributed by atoms with Crippen molar-refractivity contribution in [3.63, 3.8) is 0 Å². The molecule has 1 aliphatic rings. The minimum absolute atomic E-state index is 0.00275. The number of morpholine rings is 1. The fraction of sp³-hybridized carbons (Fsp3) is 0.263. The van der Waals surface area contributed by atoms with E-state index in [1.807, 2.05) is 30.3 Å². The average Bonchev–Trinajstić information content (AvgIpc) is 2.67. The lowest BCUT2D eigenvalue weighted by atomic mass is 10.0. The third kappa shape index (κ3) is 3.49. The lowest BCUT2D eigenvalue weighted by molar-refractivity contribution is -0.147. The molecule has 6 nitrogen and oxygen atoms in total. The molecule has 2 aromatic carbocycles. The molecule has 1 N–H and O–H groups in total. The summed E-state index contributed by atoms with van der Waals surface area (Å²) in [6, 6.07) is 13.7. The van der Waals surface area contributed by atoms with Crippen molar-refractivity contribution in [3.8, 4) is 16.9 Å². The summed E-state index contributed by atoms with van der Waals surface area (Å²) in [5.74, 6) is -0.736. The Labute approximate surface area is 145 Å². The van der Waals surface area contributed by atoms with Crippen LogP contribution in [0.15, 0.2) is 48.5 Å². The Bertz CT molecular complexity index is 775. The van der Waals surface area contributed by atoms with Crippen molar-refractivity contribution in [3.05, 3.63) is 54.1 Å². The van der Waals surface area contributed by atoms with Gasteiger partial charge in [-0.15, -0.1) is 0 Å². The number of nitrogens with zero attached hydrogens (tertiary/aromatic N) is 1. The molecular weight excluding hydrogens is 322 g/mol. The van der Waals surface area contributed by atoms with Crippen LogP contribution in [0.5, 0.6) is 5.75 Å². The Kier molecular flexibility index (Phi) is 5.00. The summed E-state index contributed by atoms with van der Waals surface area (Å²) in [6.07, 6.45) is 0. The van der Waals surface area contributed by atoms with Crippen LogP contribution in [-0.2, 0) is 9.53 Å². The van der Waals surface area contributed by atoms with Crippen LogP contribution in [0.1, 0.15) is 10.4 Å². The molecule has 0 bridgehead atoms. The zero-order chi connectivity index (χ0) is 17.8. The van der Waals surface area contributed by atoms with Crippen molar-refractivity contribution in [2.24, 2.45) is 0 Å². The van der Waals surface area contributed by atoms with Gasteiger partial charge in [-0.25, -0.2) is 4.79 Å². The number of carbonyl (C=O) groups excluding carboxylic acids is 1. The maximum atomic E-state index is 12.9. The summed E-state index contributed by atoms with van der Waals surface area (Å²) >= 11 is 0. The zero-order valence-electron chi connectivity index (χ0n) is 13.8. The molecule has 1 fully saturated rings. The van der Waals surface area contributed by atoms with E-state index >= 15 is 0 Å². The number of methoxy groups -OCH3 is 1. The average molecular weight is 341 g/mol. The molecule has 1 amide bonds. The van der Waals surface area contributed by atoms with E-state index in [9.17, 15) is 14.7 Å². The maximum absolute atomic E-state index is 12.9. The van der Waals surface area contributed by atoms with Crippen LogP contribution >= 0.6 is 0 Å². The van der Waals surface area contributed by atoms with Crippen molar-refractivity contribution in [2.75, 3.05) is 26.9 Å². The molecule has 1 atom stereocenters. The quantitative estimate of drug-likeness (QED) is 0.923. The molecule has 1 unspecified atom stereocenters. The Morgan fingerprint density at radius 1 is 1.20 bits per heavy atom. The number of benzene rings is 2. The van der Waals surface area contributed by atoms with Crippen LogP contribution in [0.2, 0.25) is 0 Å². The van der Waals surface area contributed by atoms with Crippen LogP contribution in [0.4, 0.5) is 0 Å². The molecule has 0 radical (unpaired) electrons. The van der Waals surface area contributed by atoms with E-state index in [1.165, 1.54) is 4.90 Å². The van der Waals surface area contributed by atoms with E-state index in [-0.39, 0.29) is 19.1 Å². The first-order valence-corrected chi connectivity index (χ1v) is 7.97. The van der Waals surface area contributed by atoms with Crippen LogP contribution in [0.3, 0.4) is 0 Å². The molecule has 1 heterocycles.